The van der Waals surface area contributed by atoms with E-state index in [-0.39, 0.29) is 22.5 Å². The van der Waals surface area contributed by atoms with Crippen LogP contribution >= 0.6 is 12.2 Å². The van der Waals surface area contributed by atoms with Crippen molar-refractivity contribution in [3.63, 3.8) is 0 Å². The quantitative estimate of drug-likeness (QED) is 0.357. The molecule has 0 unspecified atom stereocenters. The number of anilines is 2. The van der Waals surface area contributed by atoms with Crippen molar-refractivity contribution in [1.82, 2.24) is 5.32 Å². The lowest BCUT2D eigenvalue weighted by Crippen LogP contribution is -2.34. The number of nitrogens with zero attached hydrogens (tertiary/aromatic N) is 2. The molecular formula is C18H17N5O6S. The highest BCUT2D eigenvalue weighted by Gasteiger charge is 2.20. The zero-order chi connectivity index (χ0) is 22.4. The predicted molar refractivity (Wildman–Crippen MR) is 113 cm³/mol. The molecule has 0 aromatic heterocycles. The van der Waals surface area contributed by atoms with Crippen molar-refractivity contribution in [3.05, 3.63) is 68.3 Å². The van der Waals surface area contributed by atoms with E-state index in [2.05, 4.69) is 16.0 Å². The Hall–Kier alpha value is -3.93. The van der Waals surface area contributed by atoms with Gasteiger partial charge in [-0.15, -0.1) is 0 Å². The molecule has 156 valence electrons. The summed E-state index contributed by atoms with van der Waals surface area (Å²) in [5.74, 6) is -1.15. The number of nitro groups is 2. The number of benzene rings is 2. The molecule has 2 aromatic rings. The van der Waals surface area contributed by atoms with Gasteiger partial charge in [0.2, 0.25) is 5.91 Å². The highest BCUT2D eigenvalue weighted by Crippen LogP contribution is 2.22. The molecule has 2 aromatic carbocycles. The van der Waals surface area contributed by atoms with E-state index in [1.807, 2.05) is 0 Å². The van der Waals surface area contributed by atoms with Gasteiger partial charge in [0.25, 0.3) is 17.3 Å². The van der Waals surface area contributed by atoms with E-state index in [4.69, 9.17) is 12.2 Å². The van der Waals surface area contributed by atoms with Crippen LogP contribution in [0.1, 0.15) is 24.2 Å². The van der Waals surface area contributed by atoms with E-state index in [0.717, 1.165) is 18.2 Å². The van der Waals surface area contributed by atoms with Crippen LogP contribution in [0.5, 0.6) is 0 Å². The second-order valence-corrected chi connectivity index (χ2v) is 6.79. The zero-order valence-electron chi connectivity index (χ0n) is 15.9. The summed E-state index contributed by atoms with van der Waals surface area (Å²) in [7, 11) is 0. The zero-order valence-corrected chi connectivity index (χ0v) is 16.7. The normalized spacial score (nSPS) is 10.2. The Morgan fingerprint density at radius 2 is 1.37 bits per heavy atom. The topological polar surface area (TPSA) is 157 Å². The van der Waals surface area contributed by atoms with Crippen LogP contribution in [0.25, 0.3) is 0 Å². The van der Waals surface area contributed by atoms with Gasteiger partial charge in [-0.05, 0) is 36.5 Å². The maximum atomic E-state index is 12.3. The maximum absolute atomic E-state index is 12.3. The van der Waals surface area contributed by atoms with Crippen molar-refractivity contribution < 1.29 is 19.4 Å². The molecule has 11 nitrogen and oxygen atoms in total. The predicted octanol–water partition coefficient (Wildman–Crippen LogP) is 3.22. The first-order valence-electron chi connectivity index (χ1n) is 8.54. The largest absolute Gasteiger partial charge is 0.332 e. The van der Waals surface area contributed by atoms with Gasteiger partial charge in [-0.1, -0.05) is 13.8 Å². The fourth-order valence-electron chi connectivity index (χ4n) is 2.20. The minimum Gasteiger partial charge on any atom is -0.332 e. The SMILES string of the molecule is CC(C)C(=O)Nc1ccc(NC(=S)NC(=O)c2cc([N+](=O)[O-])cc([N+](=O)[O-])c2)cc1. The van der Waals surface area contributed by atoms with E-state index in [0.29, 0.717) is 11.4 Å². The number of amides is 2. The molecular weight excluding hydrogens is 414 g/mol. The van der Waals surface area contributed by atoms with Crippen LogP contribution in [0.4, 0.5) is 22.7 Å². The molecule has 0 bridgehead atoms. The smallest absolute Gasteiger partial charge is 0.277 e. The van der Waals surface area contributed by atoms with Gasteiger partial charge in [0.1, 0.15) is 0 Å². The summed E-state index contributed by atoms with van der Waals surface area (Å²) < 4.78 is 0. The molecule has 0 spiro atoms. The summed E-state index contributed by atoms with van der Waals surface area (Å²) >= 11 is 5.04. The van der Waals surface area contributed by atoms with Gasteiger partial charge in [-0.2, -0.15) is 0 Å². The third-order valence-corrected chi connectivity index (χ3v) is 3.95. The fourth-order valence-corrected chi connectivity index (χ4v) is 2.41. The summed E-state index contributed by atoms with van der Waals surface area (Å²) in [6, 6.07) is 9.09. The van der Waals surface area contributed by atoms with Gasteiger partial charge in [0.15, 0.2) is 5.11 Å². The lowest BCUT2D eigenvalue weighted by molar-refractivity contribution is -0.394. The summed E-state index contributed by atoms with van der Waals surface area (Å²) in [6.07, 6.45) is 0. The number of nitro benzene ring substituents is 2. The molecule has 12 heteroatoms. The van der Waals surface area contributed by atoms with Crippen LogP contribution in [0, 0.1) is 26.1 Å². The Balaban J connectivity index is 2.06. The Bertz CT molecular complexity index is 990. The number of carbonyl (C=O) groups excluding carboxylic acids is 2. The number of rotatable bonds is 6. The Morgan fingerprint density at radius 3 is 1.80 bits per heavy atom. The van der Waals surface area contributed by atoms with Crippen LogP contribution in [0.2, 0.25) is 0 Å². The number of hydrogen-bond donors (Lipinski definition) is 3. The average Bonchev–Trinajstić information content (AvgIpc) is 2.68. The van der Waals surface area contributed by atoms with Gasteiger partial charge in [0, 0.05) is 29.4 Å². The Kier molecular flexibility index (Phi) is 7.09. The second kappa shape index (κ2) is 9.52. The standard InChI is InChI=1S/C18H17N5O6S/c1-10(2)16(24)19-12-3-5-13(6-4-12)20-18(30)21-17(25)11-7-14(22(26)27)9-15(8-11)23(28)29/h3-10H,1-2H3,(H,19,24)(H2,20,21,25,30). The molecule has 0 radical (unpaired) electrons. The first-order chi connectivity index (χ1) is 14.1. The number of carbonyl (C=O) groups is 2. The lowest BCUT2D eigenvalue weighted by atomic mass is 10.1. The molecule has 0 saturated carbocycles. The van der Waals surface area contributed by atoms with Crippen molar-refractivity contribution >= 4 is 51.9 Å². The number of nitrogens with one attached hydrogen (secondary N) is 3. The number of non-ortho nitro benzene ring substituents is 2. The maximum Gasteiger partial charge on any atom is 0.277 e. The van der Waals surface area contributed by atoms with Crippen LogP contribution in [0.15, 0.2) is 42.5 Å². The van der Waals surface area contributed by atoms with Crippen LogP contribution < -0.4 is 16.0 Å². The molecule has 0 atom stereocenters. The summed E-state index contributed by atoms with van der Waals surface area (Å²) in [5, 5.41) is 29.5. The molecule has 2 amide bonds. The van der Waals surface area contributed by atoms with Gasteiger partial charge in [-0.3, -0.25) is 35.1 Å². The molecule has 0 saturated heterocycles. The second-order valence-electron chi connectivity index (χ2n) is 6.38. The van der Waals surface area contributed by atoms with Crippen molar-refractivity contribution in [3.8, 4) is 0 Å². The Labute approximate surface area is 175 Å². The molecule has 0 aliphatic heterocycles. The monoisotopic (exact) mass is 431 g/mol. The van der Waals surface area contributed by atoms with E-state index >= 15 is 0 Å². The van der Waals surface area contributed by atoms with Crippen LogP contribution in [-0.2, 0) is 4.79 Å². The minimum absolute atomic E-state index is 0.117. The highest BCUT2D eigenvalue weighted by atomic mass is 32.1. The van der Waals surface area contributed by atoms with Gasteiger partial charge < -0.3 is 10.6 Å². The minimum atomic E-state index is -0.847. The molecule has 0 aliphatic carbocycles. The van der Waals surface area contributed by atoms with Crippen molar-refractivity contribution in [2.75, 3.05) is 10.6 Å². The molecule has 30 heavy (non-hydrogen) atoms. The Morgan fingerprint density at radius 1 is 0.900 bits per heavy atom. The van der Waals surface area contributed by atoms with E-state index in [1.54, 1.807) is 38.1 Å². The number of hydrogen-bond acceptors (Lipinski definition) is 7. The molecule has 0 heterocycles. The summed E-state index contributed by atoms with van der Waals surface area (Å²) in [4.78, 5) is 44.2. The van der Waals surface area contributed by atoms with Crippen molar-refractivity contribution in [1.29, 1.82) is 0 Å². The van der Waals surface area contributed by atoms with Gasteiger partial charge >= 0.3 is 0 Å². The summed E-state index contributed by atoms with van der Waals surface area (Å²) in [5.41, 5.74) is -0.378. The molecule has 0 aliphatic rings. The van der Waals surface area contributed by atoms with E-state index in [1.165, 1.54) is 0 Å². The van der Waals surface area contributed by atoms with E-state index < -0.39 is 27.1 Å². The summed E-state index contributed by atoms with van der Waals surface area (Å²) in [6.45, 7) is 3.53. The van der Waals surface area contributed by atoms with Crippen molar-refractivity contribution in [2.24, 2.45) is 5.92 Å². The lowest BCUT2D eigenvalue weighted by Gasteiger charge is -2.11. The molecule has 3 N–H and O–H groups in total. The van der Waals surface area contributed by atoms with Crippen LogP contribution in [-0.4, -0.2) is 26.8 Å². The highest BCUT2D eigenvalue weighted by molar-refractivity contribution is 7.80. The molecule has 2 rings (SSSR count). The van der Waals surface area contributed by atoms with E-state index in [9.17, 15) is 29.8 Å². The van der Waals surface area contributed by atoms with Crippen molar-refractivity contribution in [2.45, 2.75) is 13.8 Å². The first-order valence-corrected chi connectivity index (χ1v) is 8.94. The third kappa shape index (κ3) is 6.04. The van der Waals surface area contributed by atoms with Gasteiger partial charge in [0.05, 0.1) is 21.5 Å². The first kappa shape index (κ1) is 22.4. The third-order valence-electron chi connectivity index (χ3n) is 3.75. The number of thiocarbonyl (C=S) groups is 1. The average molecular weight is 431 g/mol. The fraction of sp³-hybridized carbons (Fsp3) is 0.167. The van der Waals surface area contributed by atoms with Gasteiger partial charge in [-0.25, -0.2) is 0 Å². The van der Waals surface area contributed by atoms with Crippen LogP contribution in [0.3, 0.4) is 0 Å². The molecule has 0 fully saturated rings.